The molecule has 47 heavy (non-hydrogen) atoms. The van der Waals surface area contributed by atoms with Crippen LogP contribution in [0.4, 0.5) is 0 Å². The molecule has 13 heteroatoms. The molecule has 1 aliphatic carbocycles. The van der Waals surface area contributed by atoms with E-state index in [0.717, 1.165) is 31.4 Å². The molecule has 0 spiro atoms. The number of piperidine rings is 1. The van der Waals surface area contributed by atoms with Crippen molar-refractivity contribution in [2.24, 2.45) is 0 Å². The smallest absolute Gasteiger partial charge is 0.240 e. The van der Waals surface area contributed by atoms with Gasteiger partial charge in [0.2, 0.25) is 17.7 Å². The van der Waals surface area contributed by atoms with Crippen molar-refractivity contribution in [2.45, 2.75) is 120 Å². The highest BCUT2D eigenvalue weighted by Crippen LogP contribution is 2.35. The normalized spacial score (nSPS) is 33.1. The first-order chi connectivity index (χ1) is 22.8. The van der Waals surface area contributed by atoms with E-state index in [-0.39, 0.29) is 48.3 Å². The molecule has 1 aromatic carbocycles. The lowest BCUT2D eigenvalue weighted by Crippen LogP contribution is -2.56. The van der Waals surface area contributed by atoms with Crippen LogP contribution < -0.4 is 15.4 Å². The van der Waals surface area contributed by atoms with Crippen LogP contribution in [-0.4, -0.2) is 121 Å². The summed E-state index contributed by atoms with van der Waals surface area (Å²) in [5.41, 5.74) is 0.706. The first-order valence-corrected chi connectivity index (χ1v) is 17.5. The lowest BCUT2D eigenvalue weighted by Gasteiger charge is -2.41. The minimum Gasteiger partial charge on any atom is -0.487 e. The summed E-state index contributed by atoms with van der Waals surface area (Å²) in [6, 6.07) is 8.59. The number of rotatable bonds is 5. The van der Waals surface area contributed by atoms with Crippen molar-refractivity contribution in [2.75, 3.05) is 26.2 Å². The summed E-state index contributed by atoms with van der Waals surface area (Å²) in [5.74, 6) is 0.497. The van der Waals surface area contributed by atoms with E-state index in [2.05, 4.69) is 30.7 Å². The molecular formula is C34H48N8O5. The maximum Gasteiger partial charge on any atom is 0.240 e. The highest BCUT2D eigenvalue weighted by atomic mass is 16.5. The van der Waals surface area contributed by atoms with Crippen molar-refractivity contribution >= 4 is 17.7 Å². The number of hydrogen-bond donors (Lipinski definition) is 3. The second-order valence-electron chi connectivity index (χ2n) is 14.2. The van der Waals surface area contributed by atoms with Crippen LogP contribution >= 0.6 is 0 Å². The first kappa shape index (κ1) is 32.0. The fourth-order valence-corrected chi connectivity index (χ4v) is 8.47. The van der Waals surface area contributed by atoms with E-state index < -0.39 is 18.2 Å². The van der Waals surface area contributed by atoms with Crippen LogP contribution in [-0.2, 0) is 21.0 Å². The third-order valence-corrected chi connectivity index (χ3v) is 11.1. The topological polar surface area (TPSA) is 145 Å². The molecule has 5 saturated heterocycles. The lowest BCUT2D eigenvalue weighted by atomic mass is 10.00. The van der Waals surface area contributed by atoms with E-state index in [1.807, 2.05) is 46.1 Å². The highest BCUT2D eigenvalue weighted by molar-refractivity contribution is 5.84. The Labute approximate surface area is 276 Å². The predicted octanol–water partition coefficient (Wildman–Crippen LogP) is 1.23. The minimum absolute atomic E-state index is 0.0737. The number of carbonyl (C=O) groups is 3. The predicted molar refractivity (Wildman–Crippen MR) is 172 cm³/mol. The Bertz CT molecular complexity index is 1410. The van der Waals surface area contributed by atoms with E-state index in [1.165, 1.54) is 12.8 Å². The summed E-state index contributed by atoms with van der Waals surface area (Å²) >= 11 is 0. The molecule has 5 aliphatic heterocycles. The van der Waals surface area contributed by atoms with Crippen molar-refractivity contribution in [3.63, 3.8) is 0 Å². The van der Waals surface area contributed by atoms with E-state index >= 15 is 0 Å². The highest BCUT2D eigenvalue weighted by Gasteiger charge is 2.46. The molecule has 254 valence electrons. The summed E-state index contributed by atoms with van der Waals surface area (Å²) in [6.07, 6.45) is 7.97. The maximum absolute atomic E-state index is 14.0. The zero-order valence-corrected chi connectivity index (χ0v) is 27.2. The Kier molecular flexibility index (Phi) is 9.47. The average molecular weight is 649 g/mol. The summed E-state index contributed by atoms with van der Waals surface area (Å²) in [7, 11) is 0. The zero-order valence-electron chi connectivity index (χ0n) is 27.2. The number of aliphatic hydroxyl groups excluding tert-OH is 1. The molecule has 3 N–H and O–H groups in total. The van der Waals surface area contributed by atoms with Crippen molar-refractivity contribution < 1.29 is 24.2 Å². The molecular weight excluding hydrogens is 600 g/mol. The van der Waals surface area contributed by atoms with Gasteiger partial charge in [-0.1, -0.05) is 36.3 Å². The SMILES string of the molecule is C[C@@H]1NC(=O)[C@@H]2C[C@H](n3cc(COc4ccccc4)nn3)CN2C2CCN(CC2)C(=O)[C@@H]2C[C@@H](CN2C2CCCC2)NC(=O)C[C@@H]1O. The Hall–Kier alpha value is -3.55. The van der Waals surface area contributed by atoms with E-state index in [4.69, 9.17) is 4.74 Å². The molecule has 6 atom stereocenters. The van der Waals surface area contributed by atoms with Crippen LogP contribution in [0.1, 0.15) is 76.4 Å². The van der Waals surface area contributed by atoms with Crippen LogP contribution in [0.25, 0.3) is 0 Å². The number of aromatic nitrogens is 3. The number of carbonyl (C=O) groups excluding carboxylic acids is 3. The average Bonchev–Trinajstić information content (AvgIpc) is 3.90. The molecule has 6 aliphatic rings. The van der Waals surface area contributed by atoms with E-state index in [9.17, 15) is 19.5 Å². The van der Waals surface area contributed by atoms with Crippen LogP contribution in [0.2, 0.25) is 0 Å². The van der Waals surface area contributed by atoms with Gasteiger partial charge in [-0.2, -0.15) is 0 Å². The molecule has 0 radical (unpaired) electrons. The van der Waals surface area contributed by atoms with Gasteiger partial charge in [0.05, 0.1) is 42.9 Å². The van der Waals surface area contributed by atoms with Crippen molar-refractivity contribution in [1.29, 1.82) is 0 Å². The molecule has 6 heterocycles. The lowest BCUT2D eigenvalue weighted by molar-refractivity contribution is -0.139. The maximum atomic E-state index is 14.0. The van der Waals surface area contributed by atoms with Crippen molar-refractivity contribution in [3.05, 3.63) is 42.2 Å². The molecule has 1 saturated carbocycles. The summed E-state index contributed by atoms with van der Waals surface area (Å²) in [6.45, 7) is 4.61. The standard InChI is InChI=1S/C34H48N8O5/c1-22-31(43)17-32(44)36-23-15-30(40(18-23)25-7-5-6-8-25)34(46)39-13-11-26(12-14-39)41-20-27(16-29(41)33(45)35-22)42-19-24(37-38-42)21-47-28-9-3-2-4-10-28/h2-4,9-10,19,22-23,25-27,29-31,43H,5-8,11-18,20-21H2,1H3,(H,35,45)(H,36,44)/t22-,23-,27-,29-,30-,31-/m0/s1. The zero-order chi connectivity index (χ0) is 32.5. The van der Waals surface area contributed by atoms with Gasteiger partial charge in [0, 0.05) is 44.3 Å². The van der Waals surface area contributed by atoms with Gasteiger partial charge in [-0.25, -0.2) is 4.68 Å². The number of aliphatic hydroxyl groups is 1. The fraction of sp³-hybridized carbons (Fsp3) is 0.676. The van der Waals surface area contributed by atoms with Crippen molar-refractivity contribution in [1.82, 2.24) is 40.3 Å². The summed E-state index contributed by atoms with van der Waals surface area (Å²) < 4.78 is 7.70. The van der Waals surface area contributed by atoms with Crippen LogP contribution in [0.5, 0.6) is 5.75 Å². The molecule has 8 rings (SSSR count). The minimum atomic E-state index is -1.03. The monoisotopic (exact) mass is 648 g/mol. The van der Waals surface area contributed by atoms with Gasteiger partial charge in [-0.15, -0.1) is 5.10 Å². The number of likely N-dealkylation sites (tertiary alicyclic amines) is 1. The number of ether oxygens (including phenoxy) is 1. The number of nitrogens with one attached hydrogen (secondary N) is 2. The second kappa shape index (κ2) is 13.9. The Morgan fingerprint density at radius 3 is 2.38 bits per heavy atom. The summed E-state index contributed by atoms with van der Waals surface area (Å²) in [5, 5.41) is 25.9. The Balaban J connectivity index is 1.09. The number of benzene rings is 1. The van der Waals surface area contributed by atoms with E-state index in [1.54, 1.807) is 6.92 Å². The van der Waals surface area contributed by atoms with Crippen LogP contribution in [0.15, 0.2) is 36.5 Å². The molecule has 2 aromatic rings. The van der Waals surface area contributed by atoms with Gasteiger partial charge in [0.15, 0.2) is 0 Å². The third-order valence-electron chi connectivity index (χ3n) is 11.1. The molecule has 0 unspecified atom stereocenters. The van der Waals surface area contributed by atoms with Gasteiger partial charge >= 0.3 is 0 Å². The first-order valence-electron chi connectivity index (χ1n) is 17.5. The molecule has 13 nitrogen and oxygen atoms in total. The van der Waals surface area contributed by atoms with Gasteiger partial charge < -0.3 is 25.4 Å². The van der Waals surface area contributed by atoms with Gasteiger partial charge in [-0.3, -0.25) is 24.2 Å². The quantitative estimate of drug-likeness (QED) is 0.436. The molecule has 6 fully saturated rings. The largest absolute Gasteiger partial charge is 0.487 e. The van der Waals surface area contributed by atoms with Crippen LogP contribution in [0.3, 0.4) is 0 Å². The van der Waals surface area contributed by atoms with Gasteiger partial charge in [0.1, 0.15) is 18.1 Å². The van der Waals surface area contributed by atoms with Gasteiger partial charge in [-0.05, 0) is 57.6 Å². The van der Waals surface area contributed by atoms with Crippen molar-refractivity contribution in [3.8, 4) is 5.75 Å². The summed E-state index contributed by atoms with van der Waals surface area (Å²) in [4.78, 5) is 47.6. The third kappa shape index (κ3) is 7.02. The van der Waals surface area contributed by atoms with E-state index in [0.29, 0.717) is 57.4 Å². The fourth-order valence-electron chi connectivity index (χ4n) is 8.47. The molecule has 3 amide bonds. The van der Waals surface area contributed by atoms with Gasteiger partial charge in [0.25, 0.3) is 0 Å². The van der Waals surface area contributed by atoms with Crippen LogP contribution in [0, 0.1) is 0 Å². The Morgan fingerprint density at radius 2 is 1.62 bits per heavy atom. The number of amides is 3. The Morgan fingerprint density at radius 1 is 0.894 bits per heavy atom. The second-order valence-corrected chi connectivity index (χ2v) is 14.2. The molecule has 1 aromatic heterocycles. The number of hydrogen-bond acceptors (Lipinski definition) is 9. The number of para-hydroxylation sites is 1. The number of fused-ring (bicyclic) bond motifs is 8. The number of nitrogens with zero attached hydrogens (tertiary/aromatic N) is 6. The molecule has 4 bridgehead atoms.